The topological polar surface area (TPSA) is 143 Å². The van der Waals surface area contributed by atoms with Crippen LogP contribution in [0.4, 0.5) is 10.5 Å². The molecule has 0 aliphatic heterocycles. The first kappa shape index (κ1) is 24.4. The van der Waals surface area contributed by atoms with Crippen LogP contribution < -0.4 is 4.74 Å². The van der Waals surface area contributed by atoms with E-state index >= 15 is 0 Å². The average Bonchev–Trinajstić information content (AvgIpc) is 2.68. The predicted octanol–water partition coefficient (Wildman–Crippen LogP) is 3.78. The minimum Gasteiger partial charge on any atom is -0.499 e. The Labute approximate surface area is 174 Å². The van der Waals surface area contributed by atoms with Crippen molar-refractivity contribution in [2.75, 3.05) is 13.1 Å². The second kappa shape index (κ2) is 11.4. The van der Waals surface area contributed by atoms with Crippen LogP contribution >= 0.6 is 0 Å². The fourth-order valence-electron chi connectivity index (χ4n) is 2.65. The smallest absolute Gasteiger partial charge is 0.499 e. The Morgan fingerprint density at radius 1 is 1.33 bits per heavy atom. The van der Waals surface area contributed by atoms with Crippen molar-refractivity contribution < 1.29 is 29.1 Å². The largest absolute Gasteiger partial charge is 0.514 e. The number of phenolic OH excluding ortho intramolecular Hbond substituents is 1. The number of hydrogen-bond acceptors (Lipinski definition) is 8. The van der Waals surface area contributed by atoms with Gasteiger partial charge in [-0.05, 0) is 44.9 Å². The number of benzene rings is 1. The van der Waals surface area contributed by atoms with E-state index in [9.17, 15) is 30.1 Å². The molecular formula is C20H25N3O7. The van der Waals surface area contributed by atoms with E-state index in [1.165, 1.54) is 4.90 Å². The van der Waals surface area contributed by atoms with Crippen LogP contribution in [0.5, 0.6) is 11.5 Å². The summed E-state index contributed by atoms with van der Waals surface area (Å²) in [7, 11) is 0. The summed E-state index contributed by atoms with van der Waals surface area (Å²) < 4.78 is 9.96. The van der Waals surface area contributed by atoms with Crippen molar-refractivity contribution in [3.8, 4) is 17.6 Å². The number of aromatic hydroxyl groups is 1. The number of rotatable bonds is 9. The third-order valence-electron chi connectivity index (χ3n) is 4.17. The minimum absolute atomic E-state index is 0.0287. The number of amides is 1. The summed E-state index contributed by atoms with van der Waals surface area (Å²) in [6, 6.07) is 3.85. The van der Waals surface area contributed by atoms with Gasteiger partial charge in [-0.1, -0.05) is 13.3 Å². The van der Waals surface area contributed by atoms with Crippen LogP contribution in [0.1, 0.15) is 46.1 Å². The molecule has 0 saturated carbocycles. The Morgan fingerprint density at radius 2 is 1.97 bits per heavy atom. The third kappa shape index (κ3) is 6.48. The fraction of sp³-hybridized carbons (Fsp3) is 0.450. The number of likely N-dealkylation sites (N-methyl/N-ethyl adjacent to an activating group) is 1. The van der Waals surface area contributed by atoms with Crippen molar-refractivity contribution in [3.05, 3.63) is 33.4 Å². The highest BCUT2D eigenvalue weighted by molar-refractivity contribution is 6.01. The minimum atomic E-state index is -1.14. The van der Waals surface area contributed by atoms with Gasteiger partial charge in [0.05, 0.1) is 4.92 Å². The van der Waals surface area contributed by atoms with Crippen LogP contribution in [-0.4, -0.2) is 46.2 Å². The first-order valence-electron chi connectivity index (χ1n) is 9.49. The molecule has 0 heterocycles. The van der Waals surface area contributed by atoms with Gasteiger partial charge in [-0.25, -0.2) is 4.79 Å². The molecule has 1 amide bonds. The van der Waals surface area contributed by atoms with Gasteiger partial charge < -0.3 is 19.5 Å². The molecule has 1 rings (SSSR count). The molecule has 0 fully saturated rings. The lowest BCUT2D eigenvalue weighted by molar-refractivity contribution is -0.385. The Hall–Kier alpha value is -3.61. The van der Waals surface area contributed by atoms with Crippen LogP contribution in [0, 0.1) is 21.4 Å². The molecule has 10 nitrogen and oxygen atoms in total. The van der Waals surface area contributed by atoms with E-state index in [0.29, 0.717) is 19.5 Å². The van der Waals surface area contributed by atoms with Gasteiger partial charge >= 0.3 is 11.8 Å². The Morgan fingerprint density at radius 3 is 2.47 bits per heavy atom. The molecule has 0 radical (unpaired) electrons. The van der Waals surface area contributed by atoms with Crippen LogP contribution in [0.25, 0.3) is 6.08 Å². The van der Waals surface area contributed by atoms with Crippen molar-refractivity contribution in [1.29, 1.82) is 5.26 Å². The summed E-state index contributed by atoms with van der Waals surface area (Å²) in [6.07, 6.45) is 0.901. The highest BCUT2D eigenvalue weighted by Crippen LogP contribution is 2.38. The Balaban J connectivity index is 3.34. The maximum absolute atomic E-state index is 12.4. The molecule has 1 aromatic carbocycles. The number of hydrogen-bond donors (Lipinski definition) is 1. The summed E-state index contributed by atoms with van der Waals surface area (Å²) in [5.41, 5.74) is -0.981. The van der Waals surface area contributed by atoms with Crippen LogP contribution in [0.15, 0.2) is 17.7 Å². The van der Waals surface area contributed by atoms with Gasteiger partial charge in [0.1, 0.15) is 17.7 Å². The molecule has 10 heteroatoms. The molecule has 0 saturated heterocycles. The molecule has 0 spiro atoms. The van der Waals surface area contributed by atoms with Gasteiger partial charge in [0, 0.05) is 19.2 Å². The number of nitro groups is 1. The summed E-state index contributed by atoms with van der Waals surface area (Å²) in [5.74, 6) is -1.93. The molecule has 1 atom stereocenters. The lowest BCUT2D eigenvalue weighted by Gasteiger charge is -2.17. The van der Waals surface area contributed by atoms with Gasteiger partial charge in [-0.15, -0.1) is 0 Å². The van der Waals surface area contributed by atoms with Gasteiger partial charge in [-0.3, -0.25) is 14.9 Å². The summed E-state index contributed by atoms with van der Waals surface area (Å²) in [4.78, 5) is 36.2. The Bertz CT molecular complexity index is 870. The second-order valence-electron chi connectivity index (χ2n) is 6.36. The number of carbonyl (C=O) groups excluding carboxylic acids is 2. The number of nitro benzene ring substituents is 1. The van der Waals surface area contributed by atoms with Crippen molar-refractivity contribution >= 4 is 23.8 Å². The molecule has 1 aromatic rings. The molecule has 162 valence electrons. The summed E-state index contributed by atoms with van der Waals surface area (Å²) >= 11 is 0. The van der Waals surface area contributed by atoms with Gasteiger partial charge in [0.2, 0.25) is 5.75 Å². The van der Waals surface area contributed by atoms with E-state index in [-0.39, 0.29) is 11.1 Å². The van der Waals surface area contributed by atoms with Gasteiger partial charge in [0.25, 0.3) is 5.91 Å². The summed E-state index contributed by atoms with van der Waals surface area (Å²) in [5, 5.41) is 30.7. The van der Waals surface area contributed by atoms with E-state index < -0.39 is 40.3 Å². The third-order valence-corrected chi connectivity index (χ3v) is 4.17. The van der Waals surface area contributed by atoms with E-state index in [0.717, 1.165) is 24.6 Å². The van der Waals surface area contributed by atoms with Crippen molar-refractivity contribution in [1.82, 2.24) is 4.90 Å². The number of nitrogens with zero attached hydrogens (tertiary/aromatic N) is 3. The van der Waals surface area contributed by atoms with Crippen LogP contribution in [0.3, 0.4) is 0 Å². The maximum Gasteiger partial charge on any atom is 0.514 e. The van der Waals surface area contributed by atoms with E-state index in [4.69, 9.17) is 9.47 Å². The highest BCUT2D eigenvalue weighted by Gasteiger charge is 2.24. The van der Waals surface area contributed by atoms with E-state index in [2.05, 4.69) is 0 Å². The highest BCUT2D eigenvalue weighted by atomic mass is 16.7. The first-order chi connectivity index (χ1) is 14.2. The number of nitriles is 1. The SMILES string of the molecule is CCCC(C)OC(=O)Oc1cc(/C=C(\C#N)C(=O)N(CC)CC)cc([N+](=O)[O-])c1O. The number of ether oxygens (including phenoxy) is 2. The molecule has 1 N–H and O–H groups in total. The molecule has 1 unspecified atom stereocenters. The maximum atomic E-state index is 12.4. The first-order valence-corrected chi connectivity index (χ1v) is 9.49. The van der Waals surface area contributed by atoms with Crippen LogP contribution in [-0.2, 0) is 9.53 Å². The lowest BCUT2D eigenvalue weighted by atomic mass is 10.1. The fourth-order valence-corrected chi connectivity index (χ4v) is 2.65. The Kier molecular flexibility index (Phi) is 9.29. The molecule has 30 heavy (non-hydrogen) atoms. The number of carbonyl (C=O) groups is 2. The quantitative estimate of drug-likeness (QED) is 0.159. The molecule has 0 aliphatic carbocycles. The average molecular weight is 419 g/mol. The number of phenols is 1. The molecular weight excluding hydrogens is 394 g/mol. The monoisotopic (exact) mass is 419 g/mol. The lowest BCUT2D eigenvalue weighted by Crippen LogP contribution is -2.31. The van der Waals surface area contributed by atoms with Gasteiger partial charge in [-0.2, -0.15) is 5.26 Å². The second-order valence-corrected chi connectivity index (χ2v) is 6.36. The van der Waals surface area contributed by atoms with Crippen molar-refractivity contribution in [3.63, 3.8) is 0 Å². The van der Waals surface area contributed by atoms with Crippen molar-refractivity contribution in [2.24, 2.45) is 0 Å². The molecule has 0 aromatic heterocycles. The van der Waals surface area contributed by atoms with E-state index in [1.54, 1.807) is 26.8 Å². The normalized spacial score (nSPS) is 11.9. The summed E-state index contributed by atoms with van der Waals surface area (Å²) in [6.45, 7) is 7.81. The molecule has 0 aliphatic rings. The zero-order chi connectivity index (χ0) is 22.8. The van der Waals surface area contributed by atoms with Crippen molar-refractivity contribution in [2.45, 2.75) is 46.6 Å². The van der Waals surface area contributed by atoms with Gasteiger partial charge in [0.15, 0.2) is 5.75 Å². The van der Waals surface area contributed by atoms with Crippen LogP contribution in [0.2, 0.25) is 0 Å². The zero-order valence-corrected chi connectivity index (χ0v) is 17.4. The van der Waals surface area contributed by atoms with E-state index in [1.807, 2.05) is 6.92 Å². The zero-order valence-electron chi connectivity index (χ0n) is 17.4. The molecule has 0 bridgehead atoms. The predicted molar refractivity (Wildman–Crippen MR) is 108 cm³/mol. The standard InChI is InChI=1S/C20H25N3O7/c1-5-8-13(4)29-20(26)30-17-11-14(10-16(18(17)24)23(27)28)9-15(12-21)19(25)22(6-2)7-3/h9-11,13,24H,5-8H2,1-4H3/b15-9+.